The Kier molecular flexibility index (Phi) is 7.44. The molecular weight excluding hydrogens is 380 g/mol. The van der Waals surface area contributed by atoms with Gasteiger partial charge in [-0.1, -0.05) is 91.0 Å². The minimum Gasteiger partial charge on any atom is -0.443 e. The normalized spacial score (nSPS) is 11.2. The van der Waals surface area contributed by atoms with Crippen molar-refractivity contribution in [2.75, 3.05) is 0 Å². The molecule has 2 amide bonds. The second-order valence-electron chi connectivity index (χ2n) is 6.67. The van der Waals surface area contributed by atoms with Crippen molar-refractivity contribution in [3.8, 4) is 0 Å². The molecule has 0 saturated carbocycles. The summed E-state index contributed by atoms with van der Waals surface area (Å²) >= 11 is 0. The van der Waals surface area contributed by atoms with Crippen LogP contribution in [0.15, 0.2) is 91.0 Å². The predicted octanol–water partition coefficient (Wildman–Crippen LogP) is 5.23. The van der Waals surface area contributed by atoms with E-state index in [0.717, 1.165) is 21.7 Å². The van der Waals surface area contributed by atoms with E-state index in [1.807, 2.05) is 91.0 Å². The summed E-state index contributed by atoms with van der Waals surface area (Å²) in [6.45, 7) is 1.99. The summed E-state index contributed by atoms with van der Waals surface area (Å²) < 4.78 is 10.7. The molecule has 1 atom stereocenters. The Labute approximate surface area is 176 Å². The third kappa shape index (κ3) is 6.10. The minimum absolute atomic E-state index is 0.0957. The molecule has 0 saturated heterocycles. The SMILES string of the molecule is C[C@@H](c1ccccc1)N(NC(=O)OCc1ccccc1)C(=O)OCc1ccccc1. The molecule has 6 nitrogen and oxygen atoms in total. The van der Waals surface area contributed by atoms with Crippen molar-refractivity contribution in [1.29, 1.82) is 0 Å². The maximum atomic E-state index is 12.8. The van der Waals surface area contributed by atoms with Crippen LogP contribution in [0.2, 0.25) is 0 Å². The van der Waals surface area contributed by atoms with Gasteiger partial charge in [0.05, 0.1) is 6.04 Å². The molecule has 3 rings (SSSR count). The Morgan fingerprint density at radius 3 is 1.77 bits per heavy atom. The smallest absolute Gasteiger partial charge is 0.429 e. The fraction of sp³-hybridized carbons (Fsp3) is 0.167. The summed E-state index contributed by atoms with van der Waals surface area (Å²) in [5.41, 5.74) is 5.06. The Morgan fingerprint density at radius 1 is 0.767 bits per heavy atom. The van der Waals surface area contributed by atoms with E-state index in [1.54, 1.807) is 6.92 Å². The van der Waals surface area contributed by atoms with Crippen LogP contribution in [0.1, 0.15) is 29.7 Å². The first-order valence-corrected chi connectivity index (χ1v) is 9.65. The highest BCUT2D eigenvalue weighted by Gasteiger charge is 2.25. The highest BCUT2D eigenvalue weighted by Crippen LogP contribution is 2.19. The third-order valence-corrected chi connectivity index (χ3v) is 4.50. The molecule has 3 aromatic rings. The van der Waals surface area contributed by atoms with Gasteiger partial charge in [0, 0.05) is 0 Å². The summed E-state index contributed by atoms with van der Waals surface area (Å²) in [7, 11) is 0. The predicted molar refractivity (Wildman–Crippen MR) is 113 cm³/mol. The molecule has 3 aromatic carbocycles. The van der Waals surface area contributed by atoms with Crippen LogP contribution in [-0.4, -0.2) is 17.2 Å². The Balaban J connectivity index is 1.66. The van der Waals surface area contributed by atoms with Gasteiger partial charge in [-0.15, -0.1) is 0 Å². The van der Waals surface area contributed by atoms with Crippen molar-refractivity contribution >= 4 is 12.2 Å². The fourth-order valence-corrected chi connectivity index (χ4v) is 2.82. The molecule has 30 heavy (non-hydrogen) atoms. The first-order chi connectivity index (χ1) is 14.6. The van der Waals surface area contributed by atoms with E-state index in [1.165, 1.54) is 0 Å². The zero-order valence-electron chi connectivity index (χ0n) is 16.7. The van der Waals surface area contributed by atoms with Crippen molar-refractivity contribution in [1.82, 2.24) is 10.4 Å². The zero-order valence-corrected chi connectivity index (χ0v) is 16.7. The van der Waals surface area contributed by atoms with Crippen LogP contribution in [-0.2, 0) is 22.7 Å². The van der Waals surface area contributed by atoms with Gasteiger partial charge in [-0.25, -0.2) is 20.0 Å². The number of rotatable bonds is 6. The molecule has 0 bridgehead atoms. The van der Waals surface area contributed by atoms with Crippen molar-refractivity contribution in [3.63, 3.8) is 0 Å². The Bertz CT molecular complexity index is 933. The quantitative estimate of drug-likeness (QED) is 0.572. The average molecular weight is 404 g/mol. The van der Waals surface area contributed by atoms with Gasteiger partial charge in [-0.05, 0) is 23.6 Å². The second-order valence-corrected chi connectivity index (χ2v) is 6.67. The van der Waals surface area contributed by atoms with Gasteiger partial charge >= 0.3 is 12.2 Å². The molecule has 0 aromatic heterocycles. The number of carbonyl (C=O) groups excluding carboxylic acids is 2. The third-order valence-electron chi connectivity index (χ3n) is 4.50. The molecule has 0 unspecified atom stereocenters. The number of nitrogens with one attached hydrogen (secondary N) is 1. The van der Waals surface area contributed by atoms with Gasteiger partial charge in [0.2, 0.25) is 0 Å². The lowest BCUT2D eigenvalue weighted by atomic mass is 10.1. The van der Waals surface area contributed by atoms with Gasteiger partial charge in [0.15, 0.2) is 0 Å². The van der Waals surface area contributed by atoms with Crippen molar-refractivity contribution in [2.24, 2.45) is 0 Å². The van der Waals surface area contributed by atoms with Gasteiger partial charge in [0.1, 0.15) is 13.2 Å². The molecule has 0 aliphatic heterocycles. The summed E-state index contributed by atoms with van der Waals surface area (Å²) in [6, 6.07) is 27.6. The number of hydrogen-bond donors (Lipinski definition) is 1. The number of nitrogens with zero attached hydrogens (tertiary/aromatic N) is 1. The van der Waals surface area contributed by atoms with Crippen molar-refractivity contribution < 1.29 is 19.1 Å². The highest BCUT2D eigenvalue weighted by atomic mass is 16.6. The van der Waals surface area contributed by atoms with E-state index in [4.69, 9.17) is 9.47 Å². The second kappa shape index (κ2) is 10.7. The fourth-order valence-electron chi connectivity index (χ4n) is 2.82. The molecule has 0 fully saturated rings. The van der Waals surface area contributed by atoms with Crippen LogP contribution in [0, 0.1) is 0 Å². The van der Waals surface area contributed by atoms with Crippen LogP contribution in [0.3, 0.4) is 0 Å². The van der Waals surface area contributed by atoms with Gasteiger partial charge in [-0.2, -0.15) is 0 Å². The number of hydrogen-bond acceptors (Lipinski definition) is 4. The number of ether oxygens (including phenoxy) is 2. The maximum Gasteiger partial charge on any atom is 0.429 e. The first kappa shape index (κ1) is 20.9. The van der Waals surface area contributed by atoms with Crippen LogP contribution >= 0.6 is 0 Å². The number of hydrazine groups is 1. The molecule has 0 aliphatic carbocycles. The molecule has 0 radical (unpaired) electrons. The lowest BCUT2D eigenvalue weighted by Crippen LogP contribution is -2.47. The van der Waals surface area contributed by atoms with Crippen molar-refractivity contribution in [3.05, 3.63) is 108 Å². The number of amides is 2. The van der Waals surface area contributed by atoms with Crippen LogP contribution in [0.5, 0.6) is 0 Å². The Morgan fingerprint density at radius 2 is 1.23 bits per heavy atom. The zero-order chi connectivity index (χ0) is 21.2. The average Bonchev–Trinajstić information content (AvgIpc) is 2.81. The van der Waals surface area contributed by atoms with E-state index in [0.29, 0.717) is 0 Å². The van der Waals surface area contributed by atoms with E-state index in [-0.39, 0.29) is 13.2 Å². The van der Waals surface area contributed by atoms with Gasteiger partial charge < -0.3 is 9.47 Å². The van der Waals surface area contributed by atoms with E-state index >= 15 is 0 Å². The molecule has 154 valence electrons. The molecule has 1 N–H and O–H groups in total. The highest BCUT2D eigenvalue weighted by molar-refractivity contribution is 5.74. The van der Waals surface area contributed by atoms with E-state index in [9.17, 15) is 9.59 Å². The van der Waals surface area contributed by atoms with Crippen molar-refractivity contribution in [2.45, 2.75) is 26.2 Å². The Hall–Kier alpha value is -3.80. The standard InChI is InChI=1S/C24H24N2O4/c1-19(22-15-9-4-10-16-22)26(24(28)30-18-21-13-7-3-8-14-21)25-23(27)29-17-20-11-5-2-6-12-20/h2-16,19H,17-18H2,1H3,(H,25,27)/t19-/m0/s1. The van der Waals surface area contributed by atoms with E-state index < -0.39 is 18.2 Å². The molecular formula is C24H24N2O4. The van der Waals surface area contributed by atoms with Crippen LogP contribution in [0.25, 0.3) is 0 Å². The minimum atomic E-state index is -0.738. The lowest BCUT2D eigenvalue weighted by Gasteiger charge is -2.28. The van der Waals surface area contributed by atoms with Gasteiger partial charge in [0.25, 0.3) is 0 Å². The summed E-state index contributed by atoms with van der Waals surface area (Å²) in [5, 5.41) is 1.14. The largest absolute Gasteiger partial charge is 0.443 e. The summed E-state index contributed by atoms with van der Waals surface area (Å²) in [5.74, 6) is 0. The van der Waals surface area contributed by atoms with E-state index in [2.05, 4.69) is 5.43 Å². The summed E-state index contributed by atoms with van der Waals surface area (Å²) in [4.78, 5) is 25.1. The number of benzene rings is 3. The number of carbonyl (C=O) groups is 2. The summed E-state index contributed by atoms with van der Waals surface area (Å²) in [6.07, 6.45) is -1.41. The first-order valence-electron chi connectivity index (χ1n) is 9.65. The van der Waals surface area contributed by atoms with Crippen LogP contribution in [0.4, 0.5) is 9.59 Å². The van der Waals surface area contributed by atoms with Gasteiger partial charge in [-0.3, -0.25) is 0 Å². The van der Waals surface area contributed by atoms with Crippen LogP contribution < -0.4 is 5.43 Å². The molecule has 0 aliphatic rings. The maximum absolute atomic E-state index is 12.8. The topological polar surface area (TPSA) is 67.9 Å². The molecule has 0 heterocycles. The molecule has 6 heteroatoms. The lowest BCUT2D eigenvalue weighted by molar-refractivity contribution is 0.0492. The monoisotopic (exact) mass is 404 g/mol. The molecule has 0 spiro atoms.